The lowest BCUT2D eigenvalue weighted by atomic mass is 10.2. The summed E-state index contributed by atoms with van der Waals surface area (Å²) >= 11 is 3.30. The van der Waals surface area contributed by atoms with Gasteiger partial charge in [0, 0.05) is 11.1 Å². The van der Waals surface area contributed by atoms with E-state index in [-0.39, 0.29) is 11.9 Å². The molecule has 1 N–H and O–H groups in total. The minimum absolute atomic E-state index is 0.00867. The highest BCUT2D eigenvalue weighted by Crippen LogP contribution is 2.21. The molecule has 0 spiro atoms. The number of pyridine rings is 1. The van der Waals surface area contributed by atoms with Crippen LogP contribution in [0.25, 0.3) is 5.65 Å². The first-order valence-electron chi connectivity index (χ1n) is 8.45. The normalized spacial score (nSPS) is 12.2. The number of aryl methyl sites for hydroxylation is 1. The maximum atomic E-state index is 12.5. The van der Waals surface area contributed by atoms with Crippen molar-refractivity contribution in [2.75, 3.05) is 17.8 Å². The molecular formula is C19H22N4OS2. The smallest absolute Gasteiger partial charge is 0.230 e. The summed E-state index contributed by atoms with van der Waals surface area (Å²) in [5.41, 5.74) is 2.01. The van der Waals surface area contributed by atoms with E-state index >= 15 is 0 Å². The fourth-order valence-electron chi connectivity index (χ4n) is 2.62. The molecule has 26 heavy (non-hydrogen) atoms. The second-order valence-electron chi connectivity index (χ2n) is 5.99. The number of hydrogen-bond donors (Lipinski definition) is 1. The van der Waals surface area contributed by atoms with Crippen LogP contribution in [0.5, 0.6) is 0 Å². The van der Waals surface area contributed by atoms with E-state index in [1.165, 1.54) is 5.56 Å². The van der Waals surface area contributed by atoms with Gasteiger partial charge in [-0.3, -0.25) is 9.20 Å². The number of rotatable bonds is 8. The first-order chi connectivity index (χ1) is 12.7. The molecule has 7 heteroatoms. The lowest BCUT2D eigenvalue weighted by Crippen LogP contribution is -2.31. The summed E-state index contributed by atoms with van der Waals surface area (Å²) in [7, 11) is 0. The van der Waals surface area contributed by atoms with Gasteiger partial charge in [-0.2, -0.15) is 11.8 Å². The van der Waals surface area contributed by atoms with Gasteiger partial charge in [-0.15, -0.1) is 22.0 Å². The van der Waals surface area contributed by atoms with Crippen molar-refractivity contribution in [1.82, 2.24) is 19.9 Å². The third kappa shape index (κ3) is 4.80. The lowest BCUT2D eigenvalue weighted by molar-refractivity contribution is -0.119. The summed E-state index contributed by atoms with van der Waals surface area (Å²) in [6, 6.07) is 13.9. The number of amides is 1. The van der Waals surface area contributed by atoms with Crippen LogP contribution in [-0.4, -0.2) is 38.3 Å². The first kappa shape index (κ1) is 18.8. The standard InChI is InChI=1S/C19H22N4OS2/c1-14-6-8-15(9-7-14)26-13-18(24)20-16(10-12-25-2)19-22-21-17-5-3-4-11-23(17)19/h3-9,11,16H,10,12-13H2,1-2H3,(H,20,24). The van der Waals surface area contributed by atoms with Gasteiger partial charge in [-0.25, -0.2) is 0 Å². The van der Waals surface area contributed by atoms with E-state index in [1.54, 1.807) is 23.5 Å². The Bertz CT molecular complexity index is 863. The maximum absolute atomic E-state index is 12.5. The van der Waals surface area contributed by atoms with E-state index in [9.17, 15) is 4.79 Å². The van der Waals surface area contributed by atoms with Crippen LogP contribution in [0.1, 0.15) is 23.9 Å². The van der Waals surface area contributed by atoms with Crippen LogP contribution in [0.15, 0.2) is 53.6 Å². The van der Waals surface area contributed by atoms with E-state index in [4.69, 9.17) is 0 Å². The van der Waals surface area contributed by atoms with E-state index in [0.717, 1.165) is 28.5 Å². The molecule has 2 aromatic heterocycles. The molecule has 3 rings (SSSR count). The van der Waals surface area contributed by atoms with Gasteiger partial charge < -0.3 is 5.32 Å². The van der Waals surface area contributed by atoms with Gasteiger partial charge in [0.1, 0.15) is 0 Å². The molecule has 1 unspecified atom stereocenters. The Kier molecular flexibility index (Phi) is 6.57. The molecule has 0 fully saturated rings. The molecule has 1 atom stereocenters. The van der Waals surface area contributed by atoms with Gasteiger partial charge in [0.15, 0.2) is 11.5 Å². The molecule has 0 bridgehead atoms. The third-order valence-corrected chi connectivity index (χ3v) is 5.64. The molecule has 0 aliphatic rings. The van der Waals surface area contributed by atoms with Crippen molar-refractivity contribution in [1.29, 1.82) is 0 Å². The van der Waals surface area contributed by atoms with Gasteiger partial charge in [0.25, 0.3) is 0 Å². The van der Waals surface area contributed by atoms with Crippen LogP contribution in [-0.2, 0) is 4.79 Å². The van der Waals surface area contributed by atoms with Gasteiger partial charge >= 0.3 is 0 Å². The Balaban J connectivity index is 1.67. The molecular weight excluding hydrogens is 364 g/mol. The summed E-state index contributed by atoms with van der Waals surface area (Å²) in [5.74, 6) is 2.12. The number of aromatic nitrogens is 3. The second kappa shape index (κ2) is 9.09. The maximum Gasteiger partial charge on any atom is 0.230 e. The number of benzene rings is 1. The summed E-state index contributed by atoms with van der Waals surface area (Å²) in [5, 5.41) is 11.6. The highest BCUT2D eigenvalue weighted by atomic mass is 32.2. The monoisotopic (exact) mass is 386 g/mol. The van der Waals surface area contributed by atoms with Gasteiger partial charge in [0.05, 0.1) is 11.8 Å². The molecule has 2 heterocycles. The molecule has 1 amide bonds. The number of nitrogens with zero attached hydrogens (tertiary/aromatic N) is 3. The fraction of sp³-hybridized carbons (Fsp3) is 0.316. The van der Waals surface area contributed by atoms with Crippen LogP contribution in [0.4, 0.5) is 0 Å². The Morgan fingerprint density at radius 2 is 2.00 bits per heavy atom. The highest BCUT2D eigenvalue weighted by molar-refractivity contribution is 8.00. The van der Waals surface area contributed by atoms with Gasteiger partial charge in [-0.1, -0.05) is 23.8 Å². The average Bonchev–Trinajstić information content (AvgIpc) is 3.09. The van der Waals surface area contributed by atoms with E-state index in [0.29, 0.717) is 5.75 Å². The number of hydrogen-bond acceptors (Lipinski definition) is 5. The van der Waals surface area contributed by atoms with Gasteiger partial charge in [0.2, 0.25) is 5.91 Å². The molecule has 136 valence electrons. The summed E-state index contributed by atoms with van der Waals surface area (Å²) in [4.78, 5) is 13.6. The Hall–Kier alpha value is -1.99. The topological polar surface area (TPSA) is 59.3 Å². The molecule has 0 saturated heterocycles. The van der Waals surface area contributed by atoms with Gasteiger partial charge in [-0.05, 0) is 49.6 Å². The fourth-order valence-corrected chi connectivity index (χ4v) is 3.80. The minimum Gasteiger partial charge on any atom is -0.345 e. The van der Waals surface area contributed by atoms with Crippen LogP contribution < -0.4 is 5.32 Å². The Labute approximate surface area is 162 Å². The largest absolute Gasteiger partial charge is 0.345 e. The molecule has 1 aromatic carbocycles. The lowest BCUT2D eigenvalue weighted by Gasteiger charge is -2.17. The highest BCUT2D eigenvalue weighted by Gasteiger charge is 2.20. The predicted molar refractivity (Wildman–Crippen MR) is 109 cm³/mol. The Morgan fingerprint density at radius 1 is 1.19 bits per heavy atom. The van der Waals surface area contributed by atoms with Crippen LogP contribution in [0, 0.1) is 6.92 Å². The van der Waals surface area contributed by atoms with Crippen LogP contribution in [0.3, 0.4) is 0 Å². The van der Waals surface area contributed by atoms with Crippen molar-refractivity contribution >= 4 is 35.1 Å². The van der Waals surface area contributed by atoms with Crippen molar-refractivity contribution in [3.8, 4) is 0 Å². The van der Waals surface area contributed by atoms with Crippen molar-refractivity contribution < 1.29 is 4.79 Å². The number of fused-ring (bicyclic) bond motifs is 1. The van der Waals surface area contributed by atoms with E-state index in [1.807, 2.05) is 40.9 Å². The number of nitrogens with one attached hydrogen (secondary N) is 1. The second-order valence-corrected chi connectivity index (χ2v) is 8.02. The predicted octanol–water partition coefficient (Wildman–Crippen LogP) is 3.74. The Morgan fingerprint density at radius 3 is 2.77 bits per heavy atom. The third-order valence-electron chi connectivity index (χ3n) is 3.99. The number of carbonyl (C=O) groups excluding carboxylic acids is 1. The van der Waals surface area contributed by atoms with E-state index < -0.39 is 0 Å². The van der Waals surface area contributed by atoms with Crippen molar-refractivity contribution in [2.24, 2.45) is 0 Å². The van der Waals surface area contributed by atoms with Crippen LogP contribution in [0.2, 0.25) is 0 Å². The quantitative estimate of drug-likeness (QED) is 0.598. The molecule has 0 saturated carbocycles. The zero-order chi connectivity index (χ0) is 18.4. The summed E-state index contributed by atoms with van der Waals surface area (Å²) in [6.45, 7) is 2.06. The average molecular weight is 387 g/mol. The summed E-state index contributed by atoms with van der Waals surface area (Å²) in [6.07, 6.45) is 4.82. The molecule has 0 radical (unpaired) electrons. The SMILES string of the molecule is CSCCC(NC(=O)CSc1ccc(C)cc1)c1nnc2ccccn12. The molecule has 0 aliphatic heterocycles. The van der Waals surface area contributed by atoms with Crippen molar-refractivity contribution in [2.45, 2.75) is 24.3 Å². The zero-order valence-electron chi connectivity index (χ0n) is 14.9. The van der Waals surface area contributed by atoms with E-state index in [2.05, 4.69) is 40.8 Å². The van der Waals surface area contributed by atoms with Crippen molar-refractivity contribution in [3.05, 3.63) is 60.0 Å². The molecule has 0 aliphatic carbocycles. The zero-order valence-corrected chi connectivity index (χ0v) is 16.5. The van der Waals surface area contributed by atoms with Crippen LogP contribution >= 0.6 is 23.5 Å². The first-order valence-corrected chi connectivity index (χ1v) is 10.8. The number of thioether (sulfide) groups is 2. The molecule has 3 aromatic rings. The van der Waals surface area contributed by atoms with Crippen molar-refractivity contribution in [3.63, 3.8) is 0 Å². The minimum atomic E-state index is -0.147. The summed E-state index contributed by atoms with van der Waals surface area (Å²) < 4.78 is 1.94. The molecule has 5 nitrogen and oxygen atoms in total. The number of carbonyl (C=O) groups is 1.